The van der Waals surface area contributed by atoms with Crippen LogP contribution in [0.25, 0.3) is 0 Å². The molecule has 0 aliphatic heterocycles. The fourth-order valence-corrected chi connectivity index (χ4v) is 0.889. The zero-order valence-electron chi connectivity index (χ0n) is 5.80. The standard InChI is InChI=1S/C8H9ClO/c1-10-8-4-2-3-7(9)5-6-8/h3-6H,2H2,1H3. The Bertz CT molecular complexity index is 201. The normalized spacial score (nSPS) is 17.4. The van der Waals surface area contributed by atoms with E-state index in [1.165, 1.54) is 0 Å². The number of rotatable bonds is 1. The van der Waals surface area contributed by atoms with Crippen molar-refractivity contribution >= 4 is 11.6 Å². The van der Waals surface area contributed by atoms with Crippen LogP contribution in [0.5, 0.6) is 0 Å². The lowest BCUT2D eigenvalue weighted by Crippen LogP contribution is -1.78. The highest BCUT2D eigenvalue weighted by molar-refractivity contribution is 6.31. The predicted octanol–water partition coefficient (Wildman–Crippen LogP) is 2.60. The first-order valence-electron chi connectivity index (χ1n) is 3.11. The maximum atomic E-state index is 5.73. The Kier molecular flexibility index (Phi) is 2.57. The zero-order chi connectivity index (χ0) is 7.40. The molecule has 1 aliphatic carbocycles. The molecule has 1 nitrogen and oxygen atoms in total. The van der Waals surface area contributed by atoms with E-state index in [-0.39, 0.29) is 0 Å². The molecule has 0 heterocycles. The summed E-state index contributed by atoms with van der Waals surface area (Å²) in [5.74, 6) is 0.868. The van der Waals surface area contributed by atoms with Gasteiger partial charge in [0.2, 0.25) is 0 Å². The highest BCUT2D eigenvalue weighted by atomic mass is 35.5. The van der Waals surface area contributed by atoms with Crippen molar-refractivity contribution in [3.63, 3.8) is 0 Å². The number of methoxy groups -OCH3 is 1. The summed E-state index contributed by atoms with van der Waals surface area (Å²) in [6, 6.07) is 0. The third-order valence-electron chi connectivity index (χ3n) is 1.27. The van der Waals surface area contributed by atoms with E-state index in [1.54, 1.807) is 7.11 Å². The summed E-state index contributed by atoms with van der Waals surface area (Å²) in [6.07, 6.45) is 8.43. The summed E-state index contributed by atoms with van der Waals surface area (Å²) in [5.41, 5.74) is 0. The van der Waals surface area contributed by atoms with E-state index in [9.17, 15) is 0 Å². The number of ether oxygens (including phenoxy) is 1. The van der Waals surface area contributed by atoms with Gasteiger partial charge in [-0.2, -0.15) is 0 Å². The lowest BCUT2D eigenvalue weighted by Gasteiger charge is -1.95. The SMILES string of the molecule is COC1=CCC=C(Cl)C=C1. The minimum absolute atomic E-state index is 0.767. The molecule has 0 aromatic heterocycles. The van der Waals surface area contributed by atoms with Gasteiger partial charge in [0.05, 0.1) is 7.11 Å². The fourth-order valence-electron chi connectivity index (χ4n) is 0.737. The largest absolute Gasteiger partial charge is 0.497 e. The summed E-state index contributed by atoms with van der Waals surface area (Å²) < 4.78 is 5.00. The molecular formula is C8H9ClO. The lowest BCUT2D eigenvalue weighted by atomic mass is 10.3. The number of hydrogen-bond acceptors (Lipinski definition) is 1. The second kappa shape index (κ2) is 3.47. The molecular weight excluding hydrogens is 148 g/mol. The molecule has 0 atom stereocenters. The molecule has 0 N–H and O–H groups in total. The molecule has 0 unspecified atom stereocenters. The van der Waals surface area contributed by atoms with Crippen LogP contribution in [0, 0.1) is 0 Å². The summed E-state index contributed by atoms with van der Waals surface area (Å²) in [4.78, 5) is 0. The van der Waals surface area contributed by atoms with Gasteiger partial charge in [-0.3, -0.25) is 0 Å². The van der Waals surface area contributed by atoms with E-state index in [2.05, 4.69) is 0 Å². The molecule has 0 bridgehead atoms. The minimum Gasteiger partial charge on any atom is -0.497 e. The minimum atomic E-state index is 0.767. The van der Waals surface area contributed by atoms with Crippen molar-refractivity contribution in [3.8, 4) is 0 Å². The summed E-state index contributed by atoms with van der Waals surface area (Å²) in [7, 11) is 1.65. The topological polar surface area (TPSA) is 9.23 Å². The molecule has 1 rings (SSSR count). The van der Waals surface area contributed by atoms with Crippen molar-refractivity contribution in [1.82, 2.24) is 0 Å². The smallest absolute Gasteiger partial charge is 0.115 e. The third-order valence-corrected chi connectivity index (χ3v) is 1.55. The van der Waals surface area contributed by atoms with Gasteiger partial charge in [-0.15, -0.1) is 0 Å². The molecule has 2 heteroatoms. The second-order valence-electron chi connectivity index (χ2n) is 1.97. The molecule has 0 spiro atoms. The van der Waals surface area contributed by atoms with Gasteiger partial charge in [0, 0.05) is 5.03 Å². The fraction of sp³-hybridized carbons (Fsp3) is 0.250. The maximum Gasteiger partial charge on any atom is 0.115 e. The first-order valence-corrected chi connectivity index (χ1v) is 3.48. The molecule has 0 aromatic carbocycles. The zero-order valence-corrected chi connectivity index (χ0v) is 6.56. The monoisotopic (exact) mass is 156 g/mol. The molecule has 0 saturated heterocycles. The van der Waals surface area contributed by atoms with Crippen LogP contribution in [0.2, 0.25) is 0 Å². The molecule has 0 saturated carbocycles. The van der Waals surface area contributed by atoms with Crippen molar-refractivity contribution < 1.29 is 4.74 Å². The molecule has 1 aliphatic rings. The molecule has 0 aromatic rings. The van der Waals surface area contributed by atoms with Crippen LogP contribution in [-0.2, 0) is 4.74 Å². The van der Waals surface area contributed by atoms with E-state index in [0.717, 1.165) is 17.2 Å². The Morgan fingerprint density at radius 3 is 2.90 bits per heavy atom. The van der Waals surface area contributed by atoms with Crippen LogP contribution >= 0.6 is 11.6 Å². The van der Waals surface area contributed by atoms with Gasteiger partial charge >= 0.3 is 0 Å². The summed E-state index contributed by atoms with van der Waals surface area (Å²) in [6.45, 7) is 0. The Balaban J connectivity index is 2.69. The van der Waals surface area contributed by atoms with E-state index in [1.807, 2.05) is 24.3 Å². The summed E-state index contributed by atoms with van der Waals surface area (Å²) in [5, 5.41) is 0.767. The van der Waals surface area contributed by atoms with Gasteiger partial charge in [-0.1, -0.05) is 17.7 Å². The Labute approximate surface area is 65.6 Å². The van der Waals surface area contributed by atoms with Gasteiger partial charge in [-0.25, -0.2) is 0 Å². The number of halogens is 1. The number of hydrogen-bond donors (Lipinski definition) is 0. The van der Waals surface area contributed by atoms with Crippen LogP contribution in [0.3, 0.4) is 0 Å². The van der Waals surface area contributed by atoms with E-state index in [4.69, 9.17) is 16.3 Å². The molecule has 54 valence electrons. The molecule has 10 heavy (non-hydrogen) atoms. The lowest BCUT2D eigenvalue weighted by molar-refractivity contribution is 0.306. The van der Waals surface area contributed by atoms with Gasteiger partial charge < -0.3 is 4.74 Å². The Morgan fingerprint density at radius 1 is 1.40 bits per heavy atom. The van der Waals surface area contributed by atoms with Gasteiger partial charge in [-0.05, 0) is 24.6 Å². The van der Waals surface area contributed by atoms with Crippen LogP contribution < -0.4 is 0 Å². The number of allylic oxidation sites excluding steroid dienone is 5. The molecule has 0 amide bonds. The highest BCUT2D eigenvalue weighted by Crippen LogP contribution is 2.12. The van der Waals surface area contributed by atoms with Crippen molar-refractivity contribution in [1.29, 1.82) is 0 Å². The van der Waals surface area contributed by atoms with Crippen molar-refractivity contribution in [2.45, 2.75) is 6.42 Å². The van der Waals surface area contributed by atoms with Gasteiger partial charge in [0.25, 0.3) is 0 Å². The van der Waals surface area contributed by atoms with Gasteiger partial charge in [0.15, 0.2) is 0 Å². The van der Waals surface area contributed by atoms with Crippen LogP contribution in [-0.4, -0.2) is 7.11 Å². The average Bonchev–Trinajstić information content (AvgIpc) is 2.14. The summed E-state index contributed by atoms with van der Waals surface area (Å²) >= 11 is 5.73. The maximum absolute atomic E-state index is 5.73. The van der Waals surface area contributed by atoms with Crippen molar-refractivity contribution in [2.24, 2.45) is 0 Å². The predicted molar refractivity (Wildman–Crippen MR) is 42.8 cm³/mol. The molecule has 0 radical (unpaired) electrons. The van der Waals surface area contributed by atoms with Gasteiger partial charge in [0.1, 0.15) is 5.76 Å². The van der Waals surface area contributed by atoms with E-state index in [0.29, 0.717) is 0 Å². The van der Waals surface area contributed by atoms with E-state index < -0.39 is 0 Å². The second-order valence-corrected chi connectivity index (χ2v) is 2.41. The third kappa shape index (κ3) is 1.92. The van der Waals surface area contributed by atoms with Crippen LogP contribution in [0.4, 0.5) is 0 Å². The quantitative estimate of drug-likeness (QED) is 0.567. The Morgan fingerprint density at radius 2 is 2.20 bits per heavy atom. The first-order chi connectivity index (χ1) is 4.83. The van der Waals surface area contributed by atoms with Crippen LogP contribution in [0.1, 0.15) is 6.42 Å². The molecule has 0 fully saturated rings. The van der Waals surface area contributed by atoms with E-state index >= 15 is 0 Å². The van der Waals surface area contributed by atoms with Crippen LogP contribution in [0.15, 0.2) is 35.1 Å². The first kappa shape index (κ1) is 7.42. The Hall–Kier alpha value is -0.690. The highest BCUT2D eigenvalue weighted by Gasteiger charge is 1.93. The average molecular weight is 157 g/mol. The van der Waals surface area contributed by atoms with Crippen molar-refractivity contribution in [3.05, 3.63) is 35.1 Å². The van der Waals surface area contributed by atoms with Crippen molar-refractivity contribution in [2.75, 3.05) is 7.11 Å².